The van der Waals surface area contributed by atoms with Gasteiger partial charge in [0.1, 0.15) is 5.52 Å². The van der Waals surface area contributed by atoms with Crippen molar-refractivity contribution in [1.29, 1.82) is 0 Å². The lowest BCUT2D eigenvalue weighted by molar-refractivity contribution is 0.0465. The molecule has 96 valence electrons. The van der Waals surface area contributed by atoms with Gasteiger partial charge in [0.15, 0.2) is 0 Å². The molecular weight excluding hydrogens is 246 g/mol. The third-order valence-electron chi connectivity index (χ3n) is 3.67. The highest BCUT2D eigenvalue weighted by molar-refractivity contribution is 7.16. The number of hydrogen-bond acceptors (Lipinski definition) is 5. The molecule has 1 aromatic heterocycles. The molecule has 1 aromatic carbocycles. The summed E-state index contributed by atoms with van der Waals surface area (Å²) in [5, 5.41) is 9.32. The summed E-state index contributed by atoms with van der Waals surface area (Å²) >= 11 is 1.61. The molecular formula is C13H17N3OS. The second-order valence-corrected chi connectivity index (χ2v) is 5.96. The van der Waals surface area contributed by atoms with Gasteiger partial charge in [-0.1, -0.05) is 0 Å². The third kappa shape index (κ3) is 1.93. The predicted octanol–water partition coefficient (Wildman–Crippen LogP) is 2.09. The summed E-state index contributed by atoms with van der Waals surface area (Å²) in [5.41, 5.74) is 10.7. The van der Waals surface area contributed by atoms with Crippen molar-refractivity contribution >= 4 is 32.9 Å². The van der Waals surface area contributed by atoms with Crippen molar-refractivity contribution < 1.29 is 5.11 Å². The van der Waals surface area contributed by atoms with Crippen molar-refractivity contribution in [2.24, 2.45) is 5.92 Å². The van der Waals surface area contributed by atoms with Crippen molar-refractivity contribution in [3.8, 4) is 0 Å². The maximum Gasteiger partial charge on any atom is 0.106 e. The van der Waals surface area contributed by atoms with E-state index in [4.69, 9.17) is 5.73 Å². The first-order valence-electron chi connectivity index (χ1n) is 6.16. The van der Waals surface area contributed by atoms with E-state index in [1.165, 1.54) is 0 Å². The molecule has 0 amide bonds. The quantitative estimate of drug-likeness (QED) is 0.832. The van der Waals surface area contributed by atoms with Gasteiger partial charge in [0.25, 0.3) is 0 Å². The van der Waals surface area contributed by atoms with Crippen LogP contribution < -0.4 is 10.6 Å². The molecule has 0 bridgehead atoms. The highest BCUT2D eigenvalue weighted by atomic mass is 32.1. The Morgan fingerprint density at radius 1 is 1.50 bits per heavy atom. The molecule has 1 aliphatic rings. The fourth-order valence-electron chi connectivity index (χ4n) is 2.61. The largest absolute Gasteiger partial charge is 0.395 e. The normalized spacial score (nSPS) is 23.0. The highest BCUT2D eigenvalue weighted by Crippen LogP contribution is 2.34. The van der Waals surface area contributed by atoms with Crippen LogP contribution in [0.5, 0.6) is 0 Å². The second kappa shape index (κ2) is 4.40. The van der Waals surface area contributed by atoms with Crippen molar-refractivity contribution in [1.82, 2.24) is 4.98 Å². The van der Waals surface area contributed by atoms with Gasteiger partial charge >= 0.3 is 0 Å². The van der Waals surface area contributed by atoms with E-state index in [1.54, 1.807) is 11.3 Å². The minimum Gasteiger partial charge on any atom is -0.395 e. The van der Waals surface area contributed by atoms with Gasteiger partial charge in [0, 0.05) is 13.6 Å². The van der Waals surface area contributed by atoms with Crippen LogP contribution >= 0.6 is 11.3 Å². The smallest absolute Gasteiger partial charge is 0.106 e. The molecule has 0 unspecified atom stereocenters. The van der Waals surface area contributed by atoms with Crippen LogP contribution in [0, 0.1) is 5.92 Å². The van der Waals surface area contributed by atoms with Crippen LogP contribution in [0.2, 0.25) is 0 Å². The molecule has 5 heteroatoms. The predicted molar refractivity (Wildman–Crippen MR) is 76.0 cm³/mol. The van der Waals surface area contributed by atoms with Gasteiger partial charge in [-0.05, 0) is 30.9 Å². The number of nitrogens with two attached hydrogens (primary N) is 1. The van der Waals surface area contributed by atoms with E-state index >= 15 is 0 Å². The summed E-state index contributed by atoms with van der Waals surface area (Å²) in [6.07, 6.45) is 1.72. The molecule has 1 aliphatic carbocycles. The zero-order valence-corrected chi connectivity index (χ0v) is 11.2. The summed E-state index contributed by atoms with van der Waals surface area (Å²) in [6.45, 7) is 0.941. The maximum atomic E-state index is 9.32. The lowest BCUT2D eigenvalue weighted by atomic mass is 9.82. The number of aliphatic hydroxyl groups is 1. The average molecular weight is 263 g/mol. The molecule has 18 heavy (non-hydrogen) atoms. The van der Waals surface area contributed by atoms with Gasteiger partial charge in [-0.2, -0.15) is 0 Å². The molecule has 4 nitrogen and oxygen atoms in total. The first-order valence-corrected chi connectivity index (χ1v) is 7.04. The SMILES string of the molecule is CN(CC1CC(O)C1)c1ccc2scnc2c1N. The Kier molecular flexibility index (Phi) is 2.87. The molecule has 0 saturated heterocycles. The van der Waals surface area contributed by atoms with Gasteiger partial charge in [0.05, 0.1) is 27.7 Å². The number of fused-ring (bicyclic) bond motifs is 1. The van der Waals surface area contributed by atoms with E-state index in [1.807, 2.05) is 5.51 Å². The van der Waals surface area contributed by atoms with Crippen LogP contribution in [0.3, 0.4) is 0 Å². The lowest BCUT2D eigenvalue weighted by Crippen LogP contribution is -2.37. The van der Waals surface area contributed by atoms with Crippen LogP contribution in [0.15, 0.2) is 17.6 Å². The Hall–Kier alpha value is -1.33. The van der Waals surface area contributed by atoms with Crippen molar-refractivity contribution in [2.45, 2.75) is 18.9 Å². The summed E-state index contributed by atoms with van der Waals surface area (Å²) in [7, 11) is 2.05. The zero-order valence-electron chi connectivity index (χ0n) is 10.3. The number of thiazole rings is 1. The van der Waals surface area contributed by atoms with Gasteiger partial charge < -0.3 is 15.7 Å². The Balaban J connectivity index is 1.82. The maximum absolute atomic E-state index is 9.32. The summed E-state index contributed by atoms with van der Waals surface area (Å²) in [4.78, 5) is 6.48. The first-order chi connectivity index (χ1) is 8.65. The molecule has 3 rings (SSSR count). The Morgan fingerprint density at radius 2 is 2.28 bits per heavy atom. The molecule has 2 aromatic rings. The highest BCUT2D eigenvalue weighted by Gasteiger charge is 2.28. The van der Waals surface area contributed by atoms with Crippen molar-refractivity contribution in [3.05, 3.63) is 17.6 Å². The fourth-order valence-corrected chi connectivity index (χ4v) is 3.30. The zero-order chi connectivity index (χ0) is 12.7. The summed E-state index contributed by atoms with van der Waals surface area (Å²) in [6, 6.07) is 4.13. The van der Waals surface area contributed by atoms with E-state index in [2.05, 4.69) is 29.1 Å². The molecule has 0 aliphatic heterocycles. The number of hydrogen-bond donors (Lipinski definition) is 2. The Morgan fingerprint density at radius 3 is 3.00 bits per heavy atom. The van der Waals surface area contributed by atoms with Crippen molar-refractivity contribution in [2.75, 3.05) is 24.2 Å². The van der Waals surface area contributed by atoms with Crippen molar-refractivity contribution in [3.63, 3.8) is 0 Å². The number of aliphatic hydroxyl groups excluding tert-OH is 1. The lowest BCUT2D eigenvalue weighted by Gasteiger charge is -2.35. The average Bonchev–Trinajstić information content (AvgIpc) is 2.76. The monoisotopic (exact) mass is 263 g/mol. The number of rotatable bonds is 3. The van der Waals surface area contributed by atoms with E-state index in [0.717, 1.165) is 41.0 Å². The van der Waals surface area contributed by atoms with Crippen LogP contribution in [0.4, 0.5) is 11.4 Å². The Labute approximate surface area is 110 Å². The van der Waals surface area contributed by atoms with Crippen LogP contribution in [0.25, 0.3) is 10.2 Å². The number of aromatic nitrogens is 1. The van der Waals surface area contributed by atoms with Gasteiger partial charge in [0.2, 0.25) is 0 Å². The van der Waals surface area contributed by atoms with E-state index in [-0.39, 0.29) is 6.10 Å². The molecule has 0 atom stereocenters. The number of anilines is 2. The van der Waals surface area contributed by atoms with Crippen LogP contribution in [0.1, 0.15) is 12.8 Å². The van der Waals surface area contributed by atoms with E-state index < -0.39 is 0 Å². The summed E-state index contributed by atoms with van der Waals surface area (Å²) in [5.74, 6) is 0.579. The Bertz CT molecular complexity index is 562. The van der Waals surface area contributed by atoms with Gasteiger partial charge in [-0.3, -0.25) is 0 Å². The molecule has 1 heterocycles. The molecule has 3 N–H and O–H groups in total. The van der Waals surface area contributed by atoms with Gasteiger partial charge in [-0.25, -0.2) is 4.98 Å². The van der Waals surface area contributed by atoms with Crippen LogP contribution in [-0.2, 0) is 0 Å². The number of nitrogens with zero attached hydrogens (tertiary/aromatic N) is 2. The van der Waals surface area contributed by atoms with Gasteiger partial charge in [-0.15, -0.1) is 11.3 Å². The number of nitrogen functional groups attached to an aromatic ring is 1. The first kappa shape index (κ1) is 11.7. The van der Waals surface area contributed by atoms with Crippen LogP contribution in [-0.4, -0.2) is 29.8 Å². The standard InChI is InChI=1S/C13H17N3OS/c1-16(6-8-4-9(17)5-8)10-2-3-11-13(12(10)14)15-7-18-11/h2-3,7-9,17H,4-6,14H2,1H3. The molecule has 1 saturated carbocycles. The van der Waals surface area contributed by atoms with E-state index in [0.29, 0.717) is 5.92 Å². The second-order valence-electron chi connectivity index (χ2n) is 5.07. The molecule has 1 fully saturated rings. The third-order valence-corrected chi connectivity index (χ3v) is 4.47. The minimum absolute atomic E-state index is 0.0956. The fraction of sp³-hybridized carbons (Fsp3) is 0.462. The summed E-state index contributed by atoms with van der Waals surface area (Å²) < 4.78 is 1.13. The molecule has 0 radical (unpaired) electrons. The number of benzene rings is 1. The topological polar surface area (TPSA) is 62.4 Å². The molecule has 0 spiro atoms. The minimum atomic E-state index is -0.0956. The van der Waals surface area contributed by atoms with E-state index in [9.17, 15) is 5.11 Å².